The number of para-hydroxylation sites is 3. The number of aryl methyl sites for hydroxylation is 1. The number of fused-ring (bicyclic) bond motifs is 3. The highest BCUT2D eigenvalue weighted by Crippen LogP contribution is 2.39. The van der Waals surface area contributed by atoms with Crippen molar-refractivity contribution in [2.45, 2.75) is 32.9 Å². The number of hydrogen-bond acceptors (Lipinski definition) is 4. The molecule has 0 saturated heterocycles. The van der Waals surface area contributed by atoms with E-state index < -0.39 is 0 Å². The molecule has 41 heavy (non-hydrogen) atoms. The largest absolute Gasteiger partial charge is 0.497 e. The maximum absolute atomic E-state index is 14.3. The summed E-state index contributed by atoms with van der Waals surface area (Å²) in [6.07, 6.45) is 2.78. The summed E-state index contributed by atoms with van der Waals surface area (Å²) in [7, 11) is 1.65. The Kier molecular flexibility index (Phi) is 7.20. The van der Waals surface area contributed by atoms with Crippen molar-refractivity contribution in [3.8, 4) is 23.0 Å². The third-order valence-electron chi connectivity index (χ3n) is 7.42. The lowest BCUT2D eigenvalue weighted by Gasteiger charge is -2.31. The molecule has 0 aliphatic carbocycles. The van der Waals surface area contributed by atoms with Crippen molar-refractivity contribution in [3.05, 3.63) is 120 Å². The first-order valence-corrected chi connectivity index (χ1v) is 13.9. The zero-order valence-corrected chi connectivity index (χ0v) is 23.4. The number of rotatable bonds is 7. The average Bonchev–Trinajstić information content (AvgIpc) is 3.60. The van der Waals surface area contributed by atoms with Crippen LogP contribution >= 0.6 is 0 Å². The standard InChI is InChI=1S/C33H33N5O3/c1-4-27-26-22-37(33(39)34-28-14-9-10-16-30(28)41-5-2)31(23-17-19-25(40-3)20-18-23)29-15-11-21-36(29)32(26)38(35-27)24-12-7-6-8-13-24/h6-21,31H,4-5,22H2,1-3H3,(H,34,39). The van der Waals surface area contributed by atoms with Crippen molar-refractivity contribution in [1.82, 2.24) is 19.2 Å². The molecule has 5 aromatic rings. The number of aromatic nitrogens is 3. The van der Waals surface area contributed by atoms with Gasteiger partial charge in [-0.1, -0.05) is 49.4 Å². The van der Waals surface area contributed by atoms with Gasteiger partial charge in [-0.05, 0) is 67.4 Å². The molecule has 2 aromatic heterocycles. The van der Waals surface area contributed by atoms with Gasteiger partial charge in [-0.2, -0.15) is 5.10 Å². The summed E-state index contributed by atoms with van der Waals surface area (Å²) in [6, 6.07) is 29.1. The normalized spacial score (nSPS) is 14.1. The molecule has 208 valence electrons. The number of carbonyl (C=O) groups excluding carboxylic acids is 1. The summed E-state index contributed by atoms with van der Waals surface area (Å²) in [5.74, 6) is 2.33. The molecule has 1 N–H and O–H groups in total. The second kappa shape index (κ2) is 11.3. The van der Waals surface area contributed by atoms with Crippen molar-refractivity contribution < 1.29 is 14.3 Å². The second-order valence-electron chi connectivity index (χ2n) is 9.82. The Morgan fingerprint density at radius 3 is 2.44 bits per heavy atom. The van der Waals surface area contributed by atoms with Crippen LogP contribution in [0, 0.1) is 0 Å². The molecular formula is C33H33N5O3. The van der Waals surface area contributed by atoms with E-state index in [4.69, 9.17) is 14.6 Å². The van der Waals surface area contributed by atoms with Crippen LogP contribution in [0.2, 0.25) is 0 Å². The van der Waals surface area contributed by atoms with Crippen LogP contribution in [-0.4, -0.2) is 39.0 Å². The minimum atomic E-state index is -0.378. The quantitative estimate of drug-likeness (QED) is 0.244. The Bertz CT molecular complexity index is 1660. The molecule has 1 aliphatic heterocycles. The minimum Gasteiger partial charge on any atom is -0.497 e. The van der Waals surface area contributed by atoms with Gasteiger partial charge in [0, 0.05) is 11.8 Å². The van der Waals surface area contributed by atoms with Gasteiger partial charge in [-0.3, -0.25) is 0 Å². The van der Waals surface area contributed by atoms with Gasteiger partial charge in [0.15, 0.2) is 0 Å². The van der Waals surface area contributed by atoms with E-state index in [0.717, 1.165) is 46.2 Å². The van der Waals surface area contributed by atoms with Crippen LogP contribution in [0.4, 0.5) is 10.5 Å². The summed E-state index contributed by atoms with van der Waals surface area (Å²) in [5.41, 5.74) is 5.49. The van der Waals surface area contributed by atoms with E-state index >= 15 is 0 Å². The lowest BCUT2D eigenvalue weighted by molar-refractivity contribution is 0.194. The Balaban J connectivity index is 1.53. The molecule has 3 aromatic carbocycles. The highest BCUT2D eigenvalue weighted by atomic mass is 16.5. The molecule has 0 fully saturated rings. The fraction of sp³-hybridized carbons (Fsp3) is 0.212. The zero-order chi connectivity index (χ0) is 28.3. The van der Waals surface area contributed by atoms with Crippen LogP contribution in [0.25, 0.3) is 11.5 Å². The fourth-order valence-corrected chi connectivity index (χ4v) is 5.52. The number of benzene rings is 3. The zero-order valence-electron chi connectivity index (χ0n) is 23.4. The maximum atomic E-state index is 14.3. The molecule has 8 nitrogen and oxygen atoms in total. The van der Waals surface area contributed by atoms with Gasteiger partial charge >= 0.3 is 6.03 Å². The smallest absolute Gasteiger partial charge is 0.323 e. The van der Waals surface area contributed by atoms with Crippen molar-refractivity contribution >= 4 is 11.7 Å². The molecule has 0 bridgehead atoms. The molecule has 0 spiro atoms. The van der Waals surface area contributed by atoms with Crippen LogP contribution in [0.5, 0.6) is 11.5 Å². The first-order valence-electron chi connectivity index (χ1n) is 13.9. The topological polar surface area (TPSA) is 73.5 Å². The molecule has 0 saturated carbocycles. The average molecular weight is 548 g/mol. The molecule has 1 unspecified atom stereocenters. The molecule has 0 radical (unpaired) electrons. The van der Waals surface area contributed by atoms with Gasteiger partial charge < -0.3 is 24.3 Å². The van der Waals surface area contributed by atoms with E-state index in [9.17, 15) is 4.79 Å². The van der Waals surface area contributed by atoms with Gasteiger partial charge in [-0.25, -0.2) is 9.48 Å². The summed E-state index contributed by atoms with van der Waals surface area (Å²) in [6.45, 7) is 4.90. The van der Waals surface area contributed by atoms with Gasteiger partial charge in [0.1, 0.15) is 17.3 Å². The van der Waals surface area contributed by atoms with Gasteiger partial charge in [0.2, 0.25) is 0 Å². The van der Waals surface area contributed by atoms with E-state index in [2.05, 4.69) is 41.2 Å². The summed E-state index contributed by atoms with van der Waals surface area (Å²) in [4.78, 5) is 16.2. The number of urea groups is 1. The van der Waals surface area contributed by atoms with E-state index in [1.165, 1.54) is 0 Å². The molecule has 1 atom stereocenters. The monoisotopic (exact) mass is 547 g/mol. The number of hydrogen-bond donors (Lipinski definition) is 1. The van der Waals surface area contributed by atoms with Crippen molar-refractivity contribution in [3.63, 3.8) is 0 Å². The van der Waals surface area contributed by atoms with Crippen LogP contribution < -0.4 is 14.8 Å². The first-order chi connectivity index (χ1) is 20.1. The highest BCUT2D eigenvalue weighted by molar-refractivity contribution is 5.91. The van der Waals surface area contributed by atoms with E-state index in [0.29, 0.717) is 24.6 Å². The predicted molar refractivity (Wildman–Crippen MR) is 159 cm³/mol. The molecule has 3 heterocycles. The predicted octanol–water partition coefficient (Wildman–Crippen LogP) is 6.77. The van der Waals surface area contributed by atoms with Crippen molar-refractivity contribution in [1.29, 1.82) is 0 Å². The molecule has 6 rings (SSSR count). The van der Waals surface area contributed by atoms with Crippen LogP contribution in [0.3, 0.4) is 0 Å². The summed E-state index contributed by atoms with van der Waals surface area (Å²) >= 11 is 0. The van der Waals surface area contributed by atoms with Crippen LogP contribution in [-0.2, 0) is 13.0 Å². The number of ether oxygens (including phenoxy) is 2. The third-order valence-corrected chi connectivity index (χ3v) is 7.42. The number of carbonyl (C=O) groups is 1. The maximum Gasteiger partial charge on any atom is 0.323 e. The van der Waals surface area contributed by atoms with E-state index in [1.807, 2.05) is 89.3 Å². The number of nitrogens with one attached hydrogen (secondary N) is 1. The lowest BCUT2D eigenvalue weighted by Crippen LogP contribution is -2.38. The Labute approximate surface area is 239 Å². The van der Waals surface area contributed by atoms with Gasteiger partial charge in [0.25, 0.3) is 0 Å². The number of methoxy groups -OCH3 is 1. The molecular weight excluding hydrogens is 514 g/mol. The third kappa shape index (κ3) is 4.82. The van der Waals surface area contributed by atoms with E-state index in [-0.39, 0.29) is 12.1 Å². The van der Waals surface area contributed by atoms with Gasteiger partial charge in [0.05, 0.1) is 49.1 Å². The highest BCUT2D eigenvalue weighted by Gasteiger charge is 2.36. The SMILES string of the molecule is CCOc1ccccc1NC(=O)N1Cc2c(CC)nn(-c3ccccc3)c2-n2cccc2C1c1ccc(OC)cc1. The molecule has 2 amide bonds. The fourth-order valence-electron chi connectivity index (χ4n) is 5.52. The lowest BCUT2D eigenvalue weighted by atomic mass is 10.0. The molecule has 1 aliphatic rings. The second-order valence-corrected chi connectivity index (χ2v) is 9.82. The van der Waals surface area contributed by atoms with Gasteiger partial charge in [-0.15, -0.1) is 0 Å². The Morgan fingerprint density at radius 2 is 1.71 bits per heavy atom. The Morgan fingerprint density at radius 1 is 0.951 bits per heavy atom. The number of anilines is 1. The Hall–Kier alpha value is -4.98. The number of nitrogens with zero attached hydrogens (tertiary/aromatic N) is 4. The minimum absolute atomic E-state index is 0.229. The van der Waals surface area contributed by atoms with E-state index in [1.54, 1.807) is 7.11 Å². The van der Waals surface area contributed by atoms with Crippen LogP contribution in [0.15, 0.2) is 97.2 Å². The summed E-state index contributed by atoms with van der Waals surface area (Å²) < 4.78 is 15.4. The van der Waals surface area contributed by atoms with Crippen molar-refractivity contribution in [2.75, 3.05) is 19.0 Å². The molecule has 8 heteroatoms. The van der Waals surface area contributed by atoms with Crippen molar-refractivity contribution in [2.24, 2.45) is 0 Å². The first kappa shape index (κ1) is 26.3. The number of amides is 2. The van der Waals surface area contributed by atoms with Crippen LogP contribution in [0.1, 0.15) is 42.4 Å². The summed E-state index contributed by atoms with van der Waals surface area (Å²) in [5, 5.41) is 8.18.